The highest BCUT2D eigenvalue weighted by molar-refractivity contribution is 5.25. The van der Waals surface area contributed by atoms with E-state index in [4.69, 9.17) is 0 Å². The van der Waals surface area contributed by atoms with Crippen LogP contribution in [-0.2, 0) is 0 Å². The van der Waals surface area contributed by atoms with Gasteiger partial charge < -0.3 is 5.11 Å². The Morgan fingerprint density at radius 3 is 2.70 bits per heavy atom. The Bertz CT molecular complexity index is 657. The third kappa shape index (κ3) is 3.09. The second-order valence-corrected chi connectivity index (χ2v) is 10.9. The van der Waals surface area contributed by atoms with Crippen molar-refractivity contribution < 1.29 is 5.11 Å². The highest BCUT2D eigenvalue weighted by Gasteiger charge is 2.58. The summed E-state index contributed by atoms with van der Waals surface area (Å²) in [6, 6.07) is 0. The van der Waals surface area contributed by atoms with Crippen molar-refractivity contribution >= 4 is 0 Å². The molecule has 0 saturated heterocycles. The summed E-state index contributed by atoms with van der Waals surface area (Å²) in [5, 5.41) is 10.2. The van der Waals surface area contributed by atoms with E-state index in [0.29, 0.717) is 16.7 Å². The van der Waals surface area contributed by atoms with Crippen LogP contribution in [0.15, 0.2) is 36.0 Å². The van der Waals surface area contributed by atoms with Crippen LogP contribution in [0.5, 0.6) is 0 Å². The van der Waals surface area contributed by atoms with Gasteiger partial charge in [0.1, 0.15) is 0 Å². The number of hydrogen-bond donors (Lipinski definition) is 1. The molecule has 1 N–H and O–H groups in total. The van der Waals surface area contributed by atoms with Crippen LogP contribution in [-0.4, -0.2) is 11.2 Å². The second kappa shape index (κ2) is 6.90. The van der Waals surface area contributed by atoms with Gasteiger partial charge >= 0.3 is 0 Å². The molecule has 1 heteroatoms. The number of fused-ring (bicyclic) bond motifs is 5. The monoisotopic (exact) mass is 368 g/mol. The minimum Gasteiger partial charge on any atom is -0.393 e. The average Bonchev–Trinajstić information content (AvgIpc) is 2.97. The Morgan fingerprint density at radius 1 is 1.19 bits per heavy atom. The summed E-state index contributed by atoms with van der Waals surface area (Å²) in [6.07, 6.45) is 17.2. The lowest BCUT2D eigenvalue weighted by Gasteiger charge is -2.58. The number of allylic oxidation sites excluding steroid dienone is 4. The quantitative estimate of drug-likeness (QED) is 0.434. The van der Waals surface area contributed by atoms with E-state index in [1.54, 1.807) is 5.57 Å². The van der Waals surface area contributed by atoms with Crippen molar-refractivity contribution in [3.63, 3.8) is 0 Å². The molecule has 150 valence electrons. The molecule has 0 bridgehead atoms. The van der Waals surface area contributed by atoms with Crippen LogP contribution >= 0.6 is 0 Å². The maximum atomic E-state index is 10.2. The Morgan fingerprint density at radius 2 is 1.96 bits per heavy atom. The van der Waals surface area contributed by atoms with Crippen molar-refractivity contribution in [2.75, 3.05) is 0 Å². The molecule has 0 aromatic rings. The molecule has 4 rings (SSSR count). The Kier molecular flexibility index (Phi) is 4.98. The molecule has 1 nitrogen and oxygen atoms in total. The minimum atomic E-state index is -0.0912. The van der Waals surface area contributed by atoms with Gasteiger partial charge in [-0.1, -0.05) is 56.7 Å². The van der Waals surface area contributed by atoms with Crippen molar-refractivity contribution in [1.29, 1.82) is 0 Å². The van der Waals surface area contributed by atoms with Crippen LogP contribution in [0.2, 0.25) is 0 Å². The first-order chi connectivity index (χ1) is 12.8. The van der Waals surface area contributed by atoms with Crippen LogP contribution in [0, 0.1) is 40.4 Å². The molecule has 0 unspecified atom stereocenters. The third-order valence-corrected chi connectivity index (χ3v) is 9.47. The first kappa shape index (κ1) is 19.5. The number of aliphatic hydroxyl groups excluding tert-OH is 1. The fourth-order valence-corrected chi connectivity index (χ4v) is 8.00. The van der Waals surface area contributed by atoms with Gasteiger partial charge in [0.25, 0.3) is 0 Å². The zero-order valence-corrected chi connectivity index (χ0v) is 18.0. The molecule has 0 aromatic carbocycles. The molecular weight excluding hydrogens is 328 g/mol. The van der Waals surface area contributed by atoms with E-state index in [-0.39, 0.29) is 6.10 Å². The zero-order valence-electron chi connectivity index (χ0n) is 18.0. The molecule has 4 aliphatic rings. The van der Waals surface area contributed by atoms with E-state index in [9.17, 15) is 5.11 Å². The normalized spacial score (nSPS) is 47.7. The summed E-state index contributed by atoms with van der Waals surface area (Å²) in [5.41, 5.74) is 3.64. The van der Waals surface area contributed by atoms with E-state index >= 15 is 0 Å². The largest absolute Gasteiger partial charge is 0.393 e. The van der Waals surface area contributed by atoms with E-state index in [1.165, 1.54) is 44.1 Å². The van der Waals surface area contributed by atoms with Crippen LogP contribution < -0.4 is 0 Å². The number of hydrogen-bond acceptors (Lipinski definition) is 1. The smallest absolute Gasteiger partial charge is 0.0577 e. The molecular formula is C26H40O. The van der Waals surface area contributed by atoms with Gasteiger partial charge in [0, 0.05) is 0 Å². The average molecular weight is 369 g/mol. The first-order valence-electron chi connectivity index (χ1n) is 11.5. The highest BCUT2D eigenvalue weighted by atomic mass is 16.3. The summed E-state index contributed by atoms with van der Waals surface area (Å²) in [7, 11) is 0. The summed E-state index contributed by atoms with van der Waals surface area (Å²) < 4.78 is 0. The van der Waals surface area contributed by atoms with E-state index in [1.807, 2.05) is 0 Å². The molecule has 3 fully saturated rings. The number of rotatable bonds is 3. The molecule has 27 heavy (non-hydrogen) atoms. The van der Waals surface area contributed by atoms with Gasteiger partial charge in [-0.05, 0) is 98.7 Å². The molecule has 8 atom stereocenters. The fourth-order valence-electron chi connectivity index (χ4n) is 8.00. The van der Waals surface area contributed by atoms with Crippen LogP contribution in [0.4, 0.5) is 0 Å². The molecule has 0 aliphatic heterocycles. The summed E-state index contributed by atoms with van der Waals surface area (Å²) in [6.45, 7) is 13.7. The maximum absolute atomic E-state index is 10.2. The van der Waals surface area contributed by atoms with Gasteiger partial charge in [0.05, 0.1) is 6.10 Å². The van der Waals surface area contributed by atoms with E-state index < -0.39 is 0 Å². The molecule has 0 spiro atoms. The van der Waals surface area contributed by atoms with Gasteiger partial charge in [0.2, 0.25) is 0 Å². The Labute approximate surface area is 167 Å². The summed E-state index contributed by atoms with van der Waals surface area (Å²) >= 11 is 0. The van der Waals surface area contributed by atoms with Gasteiger partial charge in [-0.3, -0.25) is 0 Å². The van der Waals surface area contributed by atoms with Crippen molar-refractivity contribution in [2.45, 2.75) is 85.2 Å². The van der Waals surface area contributed by atoms with Gasteiger partial charge in [-0.25, -0.2) is 0 Å². The fraction of sp³-hybridized carbons (Fsp3) is 0.769. The SMILES string of the molecule is C=C(C)/C=C/[C@@H](C)[C@H]1CC[C@H]2[C@@H]3CC=C4C[C@@H](O)CC[C@]4(C)[C@H]3CC[C@]12C. The summed E-state index contributed by atoms with van der Waals surface area (Å²) in [5.74, 6) is 4.09. The predicted molar refractivity (Wildman–Crippen MR) is 114 cm³/mol. The van der Waals surface area contributed by atoms with Crippen LogP contribution in [0.1, 0.15) is 79.1 Å². The first-order valence-corrected chi connectivity index (χ1v) is 11.5. The molecule has 4 aliphatic carbocycles. The number of aliphatic hydroxyl groups is 1. The zero-order chi connectivity index (χ0) is 19.4. The predicted octanol–water partition coefficient (Wildman–Crippen LogP) is 6.69. The Balaban J connectivity index is 1.58. The Hall–Kier alpha value is -0.820. The van der Waals surface area contributed by atoms with E-state index in [2.05, 4.69) is 52.5 Å². The van der Waals surface area contributed by atoms with Crippen LogP contribution in [0.25, 0.3) is 0 Å². The second-order valence-electron chi connectivity index (χ2n) is 10.9. The topological polar surface area (TPSA) is 20.2 Å². The summed E-state index contributed by atoms with van der Waals surface area (Å²) in [4.78, 5) is 0. The highest BCUT2D eigenvalue weighted by Crippen LogP contribution is 2.67. The van der Waals surface area contributed by atoms with Crippen LogP contribution in [0.3, 0.4) is 0 Å². The van der Waals surface area contributed by atoms with E-state index in [0.717, 1.165) is 36.5 Å². The van der Waals surface area contributed by atoms with Gasteiger partial charge in [0.15, 0.2) is 0 Å². The maximum Gasteiger partial charge on any atom is 0.0577 e. The lowest BCUT2D eigenvalue weighted by atomic mass is 9.47. The lowest BCUT2D eigenvalue weighted by molar-refractivity contribution is -0.0540. The molecule has 3 saturated carbocycles. The minimum absolute atomic E-state index is 0.0912. The van der Waals surface area contributed by atoms with Crippen molar-refractivity contribution in [3.05, 3.63) is 36.0 Å². The molecule has 0 aromatic heterocycles. The van der Waals surface area contributed by atoms with Crippen molar-refractivity contribution in [3.8, 4) is 0 Å². The standard InChI is InChI=1S/C26H40O/c1-17(2)6-7-18(3)22-10-11-23-21-9-8-19-16-20(27)12-14-25(19,4)24(21)13-15-26(22,23)5/h6-8,18,20-24,27H,1,9-16H2,2-5H3/b7-6+/t18-,20+,21+,22-,23+,24+,25+,26-/m1/s1. The molecule has 0 amide bonds. The lowest BCUT2D eigenvalue weighted by Crippen LogP contribution is -2.50. The molecule has 0 heterocycles. The third-order valence-electron chi connectivity index (χ3n) is 9.47. The molecule has 0 radical (unpaired) electrons. The van der Waals surface area contributed by atoms with Crippen molar-refractivity contribution in [1.82, 2.24) is 0 Å². The van der Waals surface area contributed by atoms with Crippen molar-refractivity contribution in [2.24, 2.45) is 40.4 Å². The van der Waals surface area contributed by atoms with Gasteiger partial charge in [-0.2, -0.15) is 0 Å². The van der Waals surface area contributed by atoms with Gasteiger partial charge in [-0.15, -0.1) is 0 Å².